The zero-order valence-electron chi connectivity index (χ0n) is 11.7. The summed E-state index contributed by atoms with van der Waals surface area (Å²) in [6.45, 7) is 6.63. The van der Waals surface area contributed by atoms with Crippen LogP contribution < -0.4 is 4.74 Å². The van der Waals surface area contributed by atoms with Crippen LogP contribution in [0.3, 0.4) is 0 Å². The van der Waals surface area contributed by atoms with Crippen molar-refractivity contribution in [1.29, 1.82) is 0 Å². The number of hydrogen-bond acceptors (Lipinski definition) is 2. The lowest BCUT2D eigenvalue weighted by Crippen LogP contribution is -2.23. The summed E-state index contributed by atoms with van der Waals surface area (Å²) in [5, 5.41) is 0.551. The van der Waals surface area contributed by atoms with Crippen molar-refractivity contribution in [3.63, 3.8) is 0 Å². The molecular weight excluding hydrogens is 289 g/mol. The van der Waals surface area contributed by atoms with E-state index in [0.717, 1.165) is 0 Å². The number of terminal acetylenes is 1. The molecule has 4 heteroatoms. The van der Waals surface area contributed by atoms with E-state index in [2.05, 4.69) is 12.5 Å². The van der Waals surface area contributed by atoms with E-state index >= 15 is 0 Å². The maximum atomic E-state index is 14.3. The topological polar surface area (TPSA) is 12.5 Å². The third-order valence-electron chi connectivity index (χ3n) is 3.13. The Bertz CT molecular complexity index is 670. The van der Waals surface area contributed by atoms with Crippen molar-refractivity contribution in [1.82, 2.24) is 4.90 Å². The second-order valence-corrected chi connectivity index (χ2v) is 4.80. The molecule has 0 fully saturated rings. The molecule has 1 aromatic carbocycles. The van der Waals surface area contributed by atoms with Crippen LogP contribution in [0, 0.1) is 18.2 Å². The maximum Gasteiger partial charge on any atom is 0.148 e. The average molecular weight is 304 g/mol. The first kappa shape index (κ1) is 15.2. The van der Waals surface area contributed by atoms with Crippen molar-refractivity contribution >= 4 is 17.3 Å². The predicted molar refractivity (Wildman–Crippen MR) is 84.2 cm³/mol. The summed E-state index contributed by atoms with van der Waals surface area (Å²) in [5.41, 5.74) is 1.84. The molecule has 21 heavy (non-hydrogen) atoms. The number of ether oxygens (including phenoxy) is 1. The van der Waals surface area contributed by atoms with Gasteiger partial charge in [0.2, 0.25) is 0 Å². The SMILES string of the molecule is C#CCOc1ccc(C2=CC=C(Cl)C(=C)N2CC)c(F)c1. The molecule has 0 radical (unpaired) electrons. The molecule has 0 amide bonds. The van der Waals surface area contributed by atoms with Gasteiger partial charge in [0.25, 0.3) is 0 Å². The highest BCUT2D eigenvalue weighted by Gasteiger charge is 2.21. The highest BCUT2D eigenvalue weighted by atomic mass is 35.5. The van der Waals surface area contributed by atoms with Crippen molar-refractivity contribution in [2.45, 2.75) is 6.92 Å². The predicted octanol–water partition coefficient (Wildman–Crippen LogP) is 4.15. The number of halogens is 2. The van der Waals surface area contributed by atoms with Gasteiger partial charge in [0, 0.05) is 18.2 Å². The van der Waals surface area contributed by atoms with E-state index in [0.29, 0.717) is 34.3 Å². The van der Waals surface area contributed by atoms with E-state index in [4.69, 9.17) is 22.8 Å². The smallest absolute Gasteiger partial charge is 0.148 e. The van der Waals surface area contributed by atoms with E-state index in [1.165, 1.54) is 6.07 Å². The Balaban J connectivity index is 2.37. The van der Waals surface area contributed by atoms with Crippen LogP contribution in [-0.4, -0.2) is 18.1 Å². The van der Waals surface area contributed by atoms with Gasteiger partial charge in [-0.3, -0.25) is 0 Å². The molecule has 0 aliphatic carbocycles. The number of benzene rings is 1. The van der Waals surface area contributed by atoms with Gasteiger partial charge >= 0.3 is 0 Å². The van der Waals surface area contributed by atoms with Gasteiger partial charge in [0.15, 0.2) is 0 Å². The monoisotopic (exact) mass is 303 g/mol. The highest BCUT2D eigenvalue weighted by molar-refractivity contribution is 6.32. The Morgan fingerprint density at radius 1 is 1.43 bits per heavy atom. The lowest BCUT2D eigenvalue weighted by Gasteiger charge is -2.30. The molecule has 0 bridgehead atoms. The molecule has 0 N–H and O–H groups in total. The Kier molecular flexibility index (Phi) is 4.72. The molecule has 1 aliphatic heterocycles. The third-order valence-corrected chi connectivity index (χ3v) is 3.48. The number of likely N-dealkylation sites (N-methyl/N-ethyl adjacent to an activating group) is 1. The zero-order valence-corrected chi connectivity index (χ0v) is 12.5. The summed E-state index contributed by atoms with van der Waals surface area (Å²) >= 11 is 6.06. The van der Waals surface area contributed by atoms with Crippen molar-refractivity contribution in [3.05, 3.63) is 59.0 Å². The van der Waals surface area contributed by atoms with E-state index in [9.17, 15) is 4.39 Å². The lowest BCUT2D eigenvalue weighted by atomic mass is 10.1. The normalized spacial score (nSPS) is 14.4. The molecule has 2 rings (SSSR count). The van der Waals surface area contributed by atoms with Crippen molar-refractivity contribution in [2.75, 3.05) is 13.2 Å². The fourth-order valence-corrected chi connectivity index (χ4v) is 2.29. The van der Waals surface area contributed by atoms with Crippen LogP contribution in [0.4, 0.5) is 4.39 Å². The quantitative estimate of drug-likeness (QED) is 0.775. The summed E-state index contributed by atoms with van der Waals surface area (Å²) in [7, 11) is 0. The first-order valence-electron chi connectivity index (χ1n) is 6.49. The van der Waals surface area contributed by atoms with Crippen LogP contribution in [0.15, 0.2) is 47.7 Å². The van der Waals surface area contributed by atoms with Gasteiger partial charge in [-0.2, -0.15) is 0 Å². The van der Waals surface area contributed by atoms with E-state index < -0.39 is 0 Å². The first-order valence-corrected chi connectivity index (χ1v) is 6.86. The van der Waals surface area contributed by atoms with Gasteiger partial charge in [0.1, 0.15) is 18.2 Å². The standard InChI is InChI=1S/C17H15ClFNO/c1-4-10-21-13-6-7-14(16(19)11-13)17-9-8-15(18)12(3)20(17)5-2/h1,6-9,11H,3,5,10H2,2H3. The number of hydrogen-bond donors (Lipinski definition) is 0. The van der Waals surface area contributed by atoms with Crippen LogP contribution in [0.2, 0.25) is 0 Å². The molecule has 108 valence electrons. The minimum absolute atomic E-state index is 0.109. The molecule has 0 aromatic heterocycles. The average Bonchev–Trinajstić information content (AvgIpc) is 2.48. The Morgan fingerprint density at radius 2 is 2.19 bits per heavy atom. The molecule has 1 heterocycles. The fourth-order valence-electron chi connectivity index (χ4n) is 2.13. The van der Waals surface area contributed by atoms with Gasteiger partial charge in [-0.25, -0.2) is 4.39 Å². The summed E-state index contributed by atoms with van der Waals surface area (Å²) in [4.78, 5) is 1.86. The Morgan fingerprint density at radius 3 is 2.81 bits per heavy atom. The highest BCUT2D eigenvalue weighted by Crippen LogP contribution is 2.34. The molecule has 0 unspecified atom stereocenters. The van der Waals surface area contributed by atoms with Gasteiger partial charge in [-0.1, -0.05) is 24.1 Å². The van der Waals surface area contributed by atoms with E-state index in [1.807, 2.05) is 11.8 Å². The summed E-state index contributed by atoms with van der Waals surface area (Å²) in [5.74, 6) is 2.36. The van der Waals surface area contributed by atoms with Crippen LogP contribution in [0.25, 0.3) is 5.70 Å². The van der Waals surface area contributed by atoms with Crippen LogP contribution in [-0.2, 0) is 0 Å². The minimum atomic E-state index is -0.381. The molecule has 0 saturated heterocycles. The Labute approximate surface area is 129 Å². The molecule has 1 aromatic rings. The number of nitrogens with zero attached hydrogens (tertiary/aromatic N) is 1. The van der Waals surface area contributed by atoms with Gasteiger partial charge in [0.05, 0.1) is 16.4 Å². The van der Waals surface area contributed by atoms with Crippen molar-refractivity contribution in [2.24, 2.45) is 0 Å². The molecule has 1 aliphatic rings. The fraction of sp³-hybridized carbons (Fsp3) is 0.176. The Hall–Kier alpha value is -2.18. The number of rotatable bonds is 4. The largest absolute Gasteiger partial charge is 0.481 e. The summed E-state index contributed by atoms with van der Waals surface area (Å²) in [6, 6.07) is 4.67. The number of allylic oxidation sites excluding steroid dienone is 3. The first-order chi connectivity index (χ1) is 10.1. The van der Waals surface area contributed by atoms with E-state index in [1.54, 1.807) is 24.3 Å². The third kappa shape index (κ3) is 3.12. The zero-order chi connectivity index (χ0) is 15.4. The van der Waals surface area contributed by atoms with E-state index in [-0.39, 0.29) is 12.4 Å². The molecular formula is C17H15ClFNO. The van der Waals surface area contributed by atoms with Crippen molar-refractivity contribution in [3.8, 4) is 18.1 Å². The summed E-state index contributed by atoms with van der Waals surface area (Å²) < 4.78 is 19.5. The van der Waals surface area contributed by atoms with Crippen LogP contribution >= 0.6 is 11.6 Å². The van der Waals surface area contributed by atoms with Gasteiger partial charge < -0.3 is 9.64 Å². The molecule has 2 nitrogen and oxygen atoms in total. The second-order valence-electron chi connectivity index (χ2n) is 4.39. The molecule has 0 spiro atoms. The molecule has 0 saturated carbocycles. The molecule has 0 atom stereocenters. The van der Waals surface area contributed by atoms with Gasteiger partial charge in [-0.15, -0.1) is 6.42 Å². The van der Waals surface area contributed by atoms with Crippen LogP contribution in [0.5, 0.6) is 5.75 Å². The minimum Gasteiger partial charge on any atom is -0.481 e. The maximum absolute atomic E-state index is 14.3. The van der Waals surface area contributed by atoms with Crippen molar-refractivity contribution < 1.29 is 9.13 Å². The van der Waals surface area contributed by atoms with Crippen LogP contribution in [0.1, 0.15) is 12.5 Å². The van der Waals surface area contributed by atoms with Gasteiger partial charge in [-0.05, 0) is 31.2 Å². The second kappa shape index (κ2) is 6.51. The lowest BCUT2D eigenvalue weighted by molar-refractivity contribution is 0.367. The summed E-state index contributed by atoms with van der Waals surface area (Å²) in [6.07, 6.45) is 8.61.